The van der Waals surface area contributed by atoms with Crippen LogP contribution >= 0.6 is 0 Å². The van der Waals surface area contributed by atoms with E-state index in [4.69, 9.17) is 4.74 Å². The van der Waals surface area contributed by atoms with Crippen molar-refractivity contribution in [1.82, 2.24) is 0 Å². The number of fused-ring (bicyclic) bond motifs is 1. The lowest BCUT2D eigenvalue weighted by Gasteiger charge is -2.28. The van der Waals surface area contributed by atoms with Gasteiger partial charge in [-0.3, -0.25) is 14.5 Å². The molecule has 35 heavy (non-hydrogen) atoms. The lowest BCUT2D eigenvalue weighted by atomic mass is 9.94. The molecule has 5 rings (SSSR count). The maximum Gasteiger partial charge on any atom is 0.300 e. The number of carbonyl (C=O) groups excluding carboxylic acids is 2. The summed E-state index contributed by atoms with van der Waals surface area (Å²) in [6.45, 7) is 1.12. The number of hydrogen-bond donors (Lipinski definition) is 1. The second-order valence-electron chi connectivity index (χ2n) is 8.27. The number of amides is 1. The summed E-state index contributed by atoms with van der Waals surface area (Å²) < 4.78 is 46.9. The molecule has 1 N–H and O–H groups in total. The number of carbonyl (C=O) groups is 2. The van der Waals surface area contributed by atoms with Crippen molar-refractivity contribution in [3.8, 4) is 5.75 Å². The second-order valence-corrected chi connectivity index (χ2v) is 8.27. The average molecular weight is 480 g/mol. The van der Waals surface area contributed by atoms with Gasteiger partial charge in [-0.15, -0.1) is 0 Å². The molecular formula is C26H19F3N2O4. The summed E-state index contributed by atoms with van der Waals surface area (Å²) >= 11 is 0. The molecular weight excluding hydrogens is 461 g/mol. The van der Waals surface area contributed by atoms with Crippen molar-refractivity contribution in [2.45, 2.75) is 6.04 Å². The van der Waals surface area contributed by atoms with Gasteiger partial charge in [0.1, 0.15) is 23.9 Å². The number of rotatable bonds is 3. The lowest BCUT2D eigenvalue weighted by molar-refractivity contribution is -0.132. The number of hydrogen-bond acceptors (Lipinski definition) is 5. The van der Waals surface area contributed by atoms with Gasteiger partial charge in [0.05, 0.1) is 23.8 Å². The van der Waals surface area contributed by atoms with Gasteiger partial charge in [0.25, 0.3) is 11.7 Å². The Balaban J connectivity index is 1.70. The molecule has 3 aromatic rings. The van der Waals surface area contributed by atoms with Gasteiger partial charge < -0.3 is 14.7 Å². The lowest BCUT2D eigenvalue weighted by Crippen LogP contribution is -2.29. The molecule has 178 valence electrons. The van der Waals surface area contributed by atoms with E-state index >= 15 is 0 Å². The highest BCUT2D eigenvalue weighted by Crippen LogP contribution is 2.43. The van der Waals surface area contributed by atoms with E-state index < -0.39 is 40.9 Å². The van der Waals surface area contributed by atoms with E-state index in [9.17, 15) is 27.9 Å². The minimum Gasteiger partial charge on any atom is -0.507 e. The van der Waals surface area contributed by atoms with E-state index in [2.05, 4.69) is 0 Å². The first kappa shape index (κ1) is 22.5. The van der Waals surface area contributed by atoms with Gasteiger partial charge in [-0.05, 0) is 48.0 Å². The van der Waals surface area contributed by atoms with Crippen molar-refractivity contribution >= 4 is 28.8 Å². The Hall–Kier alpha value is -4.27. The summed E-state index contributed by atoms with van der Waals surface area (Å²) in [5.41, 5.74) is 0.906. The zero-order valence-corrected chi connectivity index (χ0v) is 18.5. The maximum absolute atomic E-state index is 14.0. The number of benzene rings is 3. The molecule has 6 nitrogen and oxygen atoms in total. The molecule has 1 saturated heterocycles. The van der Waals surface area contributed by atoms with Gasteiger partial charge in [-0.1, -0.05) is 12.1 Å². The van der Waals surface area contributed by atoms with Crippen LogP contribution in [-0.4, -0.2) is 37.0 Å². The van der Waals surface area contributed by atoms with Crippen LogP contribution in [0.4, 0.5) is 24.5 Å². The number of ketones is 1. The van der Waals surface area contributed by atoms with E-state index in [0.29, 0.717) is 30.2 Å². The summed E-state index contributed by atoms with van der Waals surface area (Å²) in [5, 5.41) is 11.3. The molecule has 9 heteroatoms. The molecule has 0 bridgehead atoms. The molecule has 0 spiro atoms. The summed E-state index contributed by atoms with van der Waals surface area (Å²) in [4.78, 5) is 29.2. The fraction of sp³-hybridized carbons (Fsp3) is 0.154. The van der Waals surface area contributed by atoms with Crippen LogP contribution in [0.1, 0.15) is 17.2 Å². The van der Waals surface area contributed by atoms with Crippen LogP contribution in [0.15, 0.2) is 66.2 Å². The Labute approximate surface area is 198 Å². The number of ether oxygens (including phenoxy) is 1. The Kier molecular flexibility index (Phi) is 5.47. The van der Waals surface area contributed by atoms with Crippen molar-refractivity contribution in [3.05, 3.63) is 94.8 Å². The maximum atomic E-state index is 14.0. The summed E-state index contributed by atoms with van der Waals surface area (Å²) in [5.74, 6) is -4.77. The largest absolute Gasteiger partial charge is 0.507 e. The van der Waals surface area contributed by atoms with E-state index in [1.807, 2.05) is 11.9 Å². The molecule has 0 radical (unpaired) electrons. The zero-order valence-electron chi connectivity index (χ0n) is 18.5. The molecule has 3 aromatic carbocycles. The molecule has 0 aromatic heterocycles. The molecule has 1 unspecified atom stereocenters. The molecule has 2 aliphatic rings. The highest BCUT2D eigenvalue weighted by atomic mass is 19.2. The van der Waals surface area contributed by atoms with E-state index in [1.54, 1.807) is 18.2 Å². The van der Waals surface area contributed by atoms with E-state index in [0.717, 1.165) is 35.2 Å². The van der Waals surface area contributed by atoms with Gasteiger partial charge in [0, 0.05) is 24.4 Å². The number of halogens is 3. The third kappa shape index (κ3) is 3.78. The Morgan fingerprint density at radius 1 is 0.971 bits per heavy atom. The molecule has 1 amide bonds. The van der Waals surface area contributed by atoms with Crippen LogP contribution in [0.25, 0.3) is 5.76 Å². The highest BCUT2D eigenvalue weighted by Gasteiger charge is 2.47. The summed E-state index contributed by atoms with van der Waals surface area (Å²) in [7, 11) is 1.85. The van der Waals surface area contributed by atoms with Gasteiger partial charge in [-0.25, -0.2) is 13.2 Å². The number of likely N-dealkylation sites (N-methyl/N-ethyl adjacent to an activating group) is 1. The number of aliphatic hydroxyl groups excluding tert-OH is 1. The molecule has 2 aliphatic heterocycles. The first-order chi connectivity index (χ1) is 16.8. The minimum absolute atomic E-state index is 0.0852. The van der Waals surface area contributed by atoms with Crippen LogP contribution in [0, 0.1) is 17.5 Å². The normalized spacial score (nSPS) is 19.0. The highest BCUT2D eigenvalue weighted by molar-refractivity contribution is 6.51. The molecule has 0 aliphatic carbocycles. The fourth-order valence-electron chi connectivity index (χ4n) is 4.35. The summed E-state index contributed by atoms with van der Waals surface area (Å²) in [6.07, 6.45) is 0. The Morgan fingerprint density at radius 2 is 1.71 bits per heavy atom. The predicted octanol–water partition coefficient (Wildman–Crippen LogP) is 4.56. The van der Waals surface area contributed by atoms with Crippen LogP contribution < -0.4 is 14.5 Å². The fourth-order valence-corrected chi connectivity index (χ4v) is 4.35. The number of aliphatic hydroxyl groups is 1. The third-order valence-corrected chi connectivity index (χ3v) is 6.14. The minimum atomic E-state index is -1.21. The average Bonchev–Trinajstić information content (AvgIpc) is 3.11. The monoisotopic (exact) mass is 480 g/mol. The van der Waals surface area contributed by atoms with Crippen molar-refractivity contribution in [2.75, 3.05) is 30.0 Å². The van der Waals surface area contributed by atoms with Crippen molar-refractivity contribution in [2.24, 2.45) is 0 Å². The Bertz CT molecular complexity index is 1390. The SMILES string of the molecule is CN1CCOc2ccc(/C(O)=C3/C(=O)C(=O)N(c4ccc(F)c(F)c4)C3c3ccc(F)cc3)cc21. The first-order valence-corrected chi connectivity index (χ1v) is 10.8. The van der Waals surface area contributed by atoms with Gasteiger partial charge in [-0.2, -0.15) is 0 Å². The first-order valence-electron chi connectivity index (χ1n) is 10.8. The third-order valence-electron chi connectivity index (χ3n) is 6.14. The number of nitrogens with zero attached hydrogens (tertiary/aromatic N) is 2. The van der Waals surface area contributed by atoms with Crippen molar-refractivity contribution in [1.29, 1.82) is 0 Å². The van der Waals surface area contributed by atoms with Crippen LogP contribution in [0.3, 0.4) is 0 Å². The van der Waals surface area contributed by atoms with E-state index in [1.165, 1.54) is 12.1 Å². The Morgan fingerprint density at radius 3 is 2.43 bits per heavy atom. The standard InChI is InChI=1S/C26H19F3N2O4/c1-30-10-11-35-21-9-4-15(12-20(21)30)24(32)22-23(14-2-5-16(27)6-3-14)31(26(34)25(22)33)17-7-8-18(28)19(29)13-17/h2-9,12-13,23,32H,10-11H2,1H3/b24-22-. The van der Waals surface area contributed by atoms with Crippen LogP contribution in [-0.2, 0) is 9.59 Å². The molecule has 1 atom stereocenters. The number of Topliss-reactive ketones (excluding diaryl/α,β-unsaturated/α-hetero) is 1. The molecule has 1 fully saturated rings. The quantitative estimate of drug-likeness (QED) is 0.338. The van der Waals surface area contributed by atoms with Crippen molar-refractivity contribution < 1.29 is 32.6 Å². The predicted molar refractivity (Wildman–Crippen MR) is 123 cm³/mol. The number of anilines is 2. The van der Waals surface area contributed by atoms with Crippen molar-refractivity contribution in [3.63, 3.8) is 0 Å². The summed E-state index contributed by atoms with van der Waals surface area (Å²) in [6, 6.07) is 11.4. The van der Waals surface area contributed by atoms with E-state index in [-0.39, 0.29) is 16.8 Å². The van der Waals surface area contributed by atoms with Gasteiger partial charge in [0.15, 0.2) is 11.6 Å². The zero-order chi connectivity index (χ0) is 24.9. The van der Waals surface area contributed by atoms with Crippen LogP contribution in [0.2, 0.25) is 0 Å². The molecule has 0 saturated carbocycles. The van der Waals surface area contributed by atoms with Crippen LogP contribution in [0.5, 0.6) is 5.75 Å². The smallest absolute Gasteiger partial charge is 0.300 e. The van der Waals surface area contributed by atoms with Gasteiger partial charge in [0.2, 0.25) is 0 Å². The van der Waals surface area contributed by atoms with Gasteiger partial charge >= 0.3 is 0 Å². The molecule has 2 heterocycles. The topological polar surface area (TPSA) is 70.1 Å². The second kappa shape index (κ2) is 8.50.